The predicted octanol–water partition coefficient (Wildman–Crippen LogP) is 4.51. The molecule has 1 aliphatic heterocycles. The average Bonchev–Trinajstić information content (AvgIpc) is 3.35. The highest BCUT2D eigenvalue weighted by atomic mass is 32.1. The quantitative estimate of drug-likeness (QED) is 0.530. The lowest BCUT2D eigenvalue weighted by Gasteiger charge is -2.42. The van der Waals surface area contributed by atoms with Crippen LogP contribution in [0.5, 0.6) is 5.75 Å². The Kier molecular flexibility index (Phi) is 7.62. The van der Waals surface area contributed by atoms with Gasteiger partial charge in [0, 0.05) is 42.8 Å². The van der Waals surface area contributed by atoms with E-state index in [0.29, 0.717) is 6.42 Å². The molecule has 33 heavy (non-hydrogen) atoms. The first-order valence-electron chi connectivity index (χ1n) is 11.2. The minimum Gasteiger partial charge on any atom is -0.497 e. The second-order valence-corrected chi connectivity index (χ2v) is 9.32. The van der Waals surface area contributed by atoms with E-state index in [4.69, 9.17) is 4.74 Å². The van der Waals surface area contributed by atoms with Gasteiger partial charge in [-0.1, -0.05) is 18.2 Å². The molecule has 0 unspecified atom stereocenters. The number of methoxy groups -OCH3 is 1. The molecule has 1 saturated heterocycles. The monoisotopic (exact) mass is 467 g/mol. The third-order valence-electron chi connectivity index (χ3n) is 6.12. The lowest BCUT2D eigenvalue weighted by molar-refractivity contribution is -0.121. The van der Waals surface area contributed by atoms with Crippen LogP contribution < -0.4 is 15.0 Å². The number of carbonyl (C=O) groups is 1. The van der Waals surface area contributed by atoms with Crippen LogP contribution in [0.15, 0.2) is 66.0 Å². The average molecular weight is 468 g/mol. The summed E-state index contributed by atoms with van der Waals surface area (Å²) < 4.78 is 18.5. The maximum absolute atomic E-state index is 13.3. The predicted molar refractivity (Wildman–Crippen MR) is 132 cm³/mol. The third kappa shape index (κ3) is 5.92. The van der Waals surface area contributed by atoms with E-state index in [9.17, 15) is 9.18 Å². The van der Waals surface area contributed by atoms with Crippen LogP contribution in [-0.4, -0.2) is 50.1 Å². The van der Waals surface area contributed by atoms with E-state index in [1.54, 1.807) is 18.4 Å². The molecule has 4 rings (SSSR count). The summed E-state index contributed by atoms with van der Waals surface area (Å²) in [5.74, 6) is 0.582. The number of halogens is 1. The molecular formula is C26H30FN3O2S. The molecule has 2 heterocycles. The molecule has 0 spiro atoms. The third-order valence-corrected chi connectivity index (χ3v) is 7.06. The molecule has 0 bridgehead atoms. The van der Waals surface area contributed by atoms with Crippen LogP contribution in [0.2, 0.25) is 0 Å². The van der Waals surface area contributed by atoms with Crippen LogP contribution in [0, 0.1) is 5.82 Å². The van der Waals surface area contributed by atoms with E-state index in [1.165, 1.54) is 17.0 Å². The molecule has 1 amide bonds. The second-order valence-electron chi connectivity index (χ2n) is 8.34. The van der Waals surface area contributed by atoms with Crippen molar-refractivity contribution in [3.05, 3.63) is 82.3 Å². The lowest BCUT2D eigenvalue weighted by Crippen LogP contribution is -2.52. The first-order chi connectivity index (χ1) is 16.0. The van der Waals surface area contributed by atoms with Gasteiger partial charge in [-0.3, -0.25) is 9.69 Å². The summed E-state index contributed by atoms with van der Waals surface area (Å²) in [6, 6.07) is 18.6. The van der Waals surface area contributed by atoms with Crippen LogP contribution in [-0.2, 0) is 11.2 Å². The van der Waals surface area contributed by atoms with Crippen molar-refractivity contribution in [2.45, 2.75) is 25.4 Å². The van der Waals surface area contributed by atoms with Gasteiger partial charge in [-0.15, -0.1) is 11.3 Å². The van der Waals surface area contributed by atoms with E-state index < -0.39 is 0 Å². The molecule has 174 valence electrons. The van der Waals surface area contributed by atoms with Gasteiger partial charge in [-0.05, 0) is 60.3 Å². The fourth-order valence-electron chi connectivity index (χ4n) is 4.43. The van der Waals surface area contributed by atoms with Crippen LogP contribution in [0.25, 0.3) is 0 Å². The Morgan fingerprint density at radius 3 is 2.36 bits per heavy atom. The zero-order valence-electron chi connectivity index (χ0n) is 19.0. The van der Waals surface area contributed by atoms with Crippen molar-refractivity contribution in [3.8, 4) is 5.75 Å². The Morgan fingerprint density at radius 2 is 1.76 bits per heavy atom. The molecule has 5 nitrogen and oxygen atoms in total. The highest BCUT2D eigenvalue weighted by Gasteiger charge is 2.31. The number of hydrogen-bond acceptors (Lipinski definition) is 5. The molecule has 2 aromatic carbocycles. The van der Waals surface area contributed by atoms with E-state index in [2.05, 4.69) is 39.6 Å². The van der Waals surface area contributed by atoms with E-state index in [0.717, 1.165) is 43.2 Å². The molecule has 1 aliphatic rings. The topological polar surface area (TPSA) is 44.8 Å². The summed E-state index contributed by atoms with van der Waals surface area (Å²) >= 11 is 1.72. The van der Waals surface area contributed by atoms with Crippen molar-refractivity contribution < 1.29 is 13.9 Å². The van der Waals surface area contributed by atoms with Gasteiger partial charge in [0.15, 0.2) is 0 Å². The fraction of sp³-hybridized carbons (Fsp3) is 0.346. The molecule has 0 saturated carbocycles. The summed E-state index contributed by atoms with van der Waals surface area (Å²) in [5.41, 5.74) is 2.01. The van der Waals surface area contributed by atoms with Crippen LogP contribution >= 0.6 is 11.3 Å². The Balaban J connectivity index is 1.39. The van der Waals surface area contributed by atoms with Gasteiger partial charge < -0.3 is 15.0 Å². The molecule has 1 N–H and O–H groups in total. The highest BCUT2D eigenvalue weighted by Crippen LogP contribution is 2.30. The van der Waals surface area contributed by atoms with Crippen LogP contribution in [0.3, 0.4) is 0 Å². The smallest absolute Gasteiger partial charge is 0.224 e. The van der Waals surface area contributed by atoms with E-state index >= 15 is 0 Å². The Morgan fingerprint density at radius 1 is 1.06 bits per heavy atom. The summed E-state index contributed by atoms with van der Waals surface area (Å²) in [6.07, 6.45) is 0.337. The van der Waals surface area contributed by atoms with Gasteiger partial charge in [0.2, 0.25) is 5.91 Å². The van der Waals surface area contributed by atoms with Gasteiger partial charge >= 0.3 is 0 Å². The minimum atomic E-state index is -0.214. The number of rotatable bonds is 8. The van der Waals surface area contributed by atoms with Crippen molar-refractivity contribution in [1.29, 1.82) is 0 Å². The van der Waals surface area contributed by atoms with Crippen molar-refractivity contribution >= 4 is 22.9 Å². The van der Waals surface area contributed by atoms with Gasteiger partial charge in [-0.25, -0.2) is 4.39 Å². The first kappa shape index (κ1) is 23.3. The van der Waals surface area contributed by atoms with Gasteiger partial charge in [-0.2, -0.15) is 0 Å². The normalized spacial score (nSPS) is 16.3. The Hall–Kier alpha value is -2.90. The minimum absolute atomic E-state index is 0.0131. The number of nitrogens with zero attached hydrogens (tertiary/aromatic N) is 2. The maximum Gasteiger partial charge on any atom is 0.224 e. The summed E-state index contributed by atoms with van der Waals surface area (Å²) in [6.45, 7) is 5.56. The fourth-order valence-corrected chi connectivity index (χ4v) is 5.39. The largest absolute Gasteiger partial charge is 0.497 e. The molecule has 2 atom stereocenters. The number of ether oxygens (including phenoxy) is 1. The second kappa shape index (κ2) is 10.8. The molecule has 3 aromatic rings. The van der Waals surface area contributed by atoms with E-state index in [-0.39, 0.29) is 23.8 Å². The molecule has 1 fully saturated rings. The van der Waals surface area contributed by atoms with Crippen LogP contribution in [0.1, 0.15) is 23.4 Å². The molecule has 0 aliphatic carbocycles. The number of amides is 1. The summed E-state index contributed by atoms with van der Waals surface area (Å²) in [5, 5.41) is 5.32. The van der Waals surface area contributed by atoms with Crippen molar-refractivity contribution in [3.63, 3.8) is 0 Å². The highest BCUT2D eigenvalue weighted by molar-refractivity contribution is 7.10. The summed E-state index contributed by atoms with van der Waals surface area (Å²) in [7, 11) is 1.63. The van der Waals surface area contributed by atoms with Crippen molar-refractivity contribution in [1.82, 2.24) is 10.2 Å². The first-order valence-corrected chi connectivity index (χ1v) is 12.1. The zero-order valence-corrected chi connectivity index (χ0v) is 19.9. The number of thiophene rings is 1. The molecular weight excluding hydrogens is 437 g/mol. The van der Waals surface area contributed by atoms with Gasteiger partial charge in [0.1, 0.15) is 11.6 Å². The zero-order chi connectivity index (χ0) is 23.2. The molecule has 0 radical (unpaired) electrons. The Bertz CT molecular complexity index is 1020. The molecule has 7 heteroatoms. The number of carbonyl (C=O) groups excluding carboxylic acids is 1. The summed E-state index contributed by atoms with van der Waals surface area (Å²) in [4.78, 5) is 18.8. The SMILES string of the molecule is COc1ccc(CC(=O)N[C@@H](C)[C@H](c2cccs2)N2CCN(c3ccc(F)cc3)CC2)cc1. The molecule has 1 aromatic heterocycles. The number of nitrogens with one attached hydrogen (secondary N) is 1. The maximum atomic E-state index is 13.3. The van der Waals surface area contributed by atoms with E-state index in [1.807, 2.05) is 36.4 Å². The van der Waals surface area contributed by atoms with Gasteiger partial charge in [0.05, 0.1) is 19.6 Å². The van der Waals surface area contributed by atoms with Crippen molar-refractivity contribution in [2.75, 3.05) is 38.2 Å². The standard InChI is InChI=1S/C26H30FN3O2S/c1-19(28-25(31)18-20-5-11-23(32-2)12-6-20)26(24-4-3-17-33-24)30-15-13-29(14-16-30)22-9-7-21(27)8-10-22/h3-12,17,19,26H,13-16,18H2,1-2H3,(H,28,31)/t19-,26+/m0/s1. The lowest BCUT2D eigenvalue weighted by atomic mass is 10.0. The Labute approximate surface area is 198 Å². The number of anilines is 1. The van der Waals surface area contributed by atoms with Gasteiger partial charge in [0.25, 0.3) is 0 Å². The number of hydrogen-bond donors (Lipinski definition) is 1. The number of benzene rings is 2. The number of piperazine rings is 1. The van der Waals surface area contributed by atoms with Crippen LogP contribution in [0.4, 0.5) is 10.1 Å². The van der Waals surface area contributed by atoms with Crippen molar-refractivity contribution in [2.24, 2.45) is 0 Å².